The Morgan fingerprint density at radius 3 is 2.07 bits per heavy atom. The van der Waals surface area contributed by atoms with Crippen LogP contribution in [0.3, 0.4) is 0 Å². The Balaban J connectivity index is 1.20. The first-order valence-electron chi connectivity index (χ1n) is 13.9. The van der Waals surface area contributed by atoms with E-state index in [1.165, 1.54) is 47.6 Å². The third-order valence-corrected chi connectivity index (χ3v) is 9.09. The molecule has 1 aromatic heterocycles. The van der Waals surface area contributed by atoms with Gasteiger partial charge in [-0.1, -0.05) is 121 Å². The van der Waals surface area contributed by atoms with E-state index in [0.717, 1.165) is 17.0 Å². The van der Waals surface area contributed by atoms with Gasteiger partial charge < -0.3 is 5.32 Å². The standard InChI is InChI=1S/C37H27N3S/c1-2-8-24(9-3-1)26-14-17-27(18-15-26)35-38-36(29-19-16-25-10-4-5-11-28(25)22-29)40-37(39-35)30-20-21-32-31-12-6-7-13-33(31)41-34(32)23-30/h1-23,35-36,38H,(H,39,40). The average molecular weight is 546 g/mol. The van der Waals surface area contributed by atoms with E-state index in [0.29, 0.717) is 0 Å². The smallest absolute Gasteiger partial charge is 0.131 e. The van der Waals surface area contributed by atoms with Gasteiger partial charge in [-0.25, -0.2) is 4.99 Å². The summed E-state index contributed by atoms with van der Waals surface area (Å²) in [6.45, 7) is 0. The maximum atomic E-state index is 5.23. The molecule has 4 heteroatoms. The van der Waals surface area contributed by atoms with Gasteiger partial charge in [0.1, 0.15) is 18.2 Å². The maximum Gasteiger partial charge on any atom is 0.131 e. The van der Waals surface area contributed by atoms with Crippen LogP contribution in [0, 0.1) is 0 Å². The second-order valence-electron chi connectivity index (χ2n) is 10.5. The Bertz CT molecular complexity index is 2060. The van der Waals surface area contributed by atoms with Crippen molar-refractivity contribution in [2.24, 2.45) is 4.99 Å². The van der Waals surface area contributed by atoms with Crippen molar-refractivity contribution < 1.29 is 0 Å². The van der Waals surface area contributed by atoms with E-state index in [-0.39, 0.29) is 12.3 Å². The minimum atomic E-state index is -0.187. The number of rotatable bonds is 4. The van der Waals surface area contributed by atoms with Crippen molar-refractivity contribution in [2.75, 3.05) is 0 Å². The van der Waals surface area contributed by atoms with Crippen molar-refractivity contribution in [3.63, 3.8) is 0 Å². The first-order chi connectivity index (χ1) is 20.3. The SMILES string of the molecule is c1ccc(-c2ccc(C3NC(c4ccc5c(c4)sc4ccccc45)=NC(c4ccc5ccccc5c4)N3)cc2)cc1. The monoisotopic (exact) mass is 545 g/mol. The highest BCUT2D eigenvalue weighted by Crippen LogP contribution is 2.35. The fraction of sp³-hybridized carbons (Fsp3) is 0.0541. The maximum absolute atomic E-state index is 5.23. The third-order valence-electron chi connectivity index (χ3n) is 7.96. The summed E-state index contributed by atoms with van der Waals surface area (Å²) in [7, 11) is 0. The number of hydrogen-bond donors (Lipinski definition) is 2. The molecule has 41 heavy (non-hydrogen) atoms. The summed E-state index contributed by atoms with van der Waals surface area (Å²) in [5, 5.41) is 12.6. The van der Waals surface area contributed by atoms with Gasteiger partial charge in [0.2, 0.25) is 0 Å². The van der Waals surface area contributed by atoms with Gasteiger partial charge in [-0.15, -0.1) is 11.3 Å². The summed E-state index contributed by atoms with van der Waals surface area (Å²) in [5.74, 6) is 0.901. The van der Waals surface area contributed by atoms with Crippen LogP contribution in [0.25, 0.3) is 42.1 Å². The van der Waals surface area contributed by atoms with Crippen LogP contribution >= 0.6 is 11.3 Å². The molecule has 1 aliphatic rings. The Kier molecular flexibility index (Phi) is 5.87. The zero-order valence-corrected chi connectivity index (χ0v) is 23.1. The molecule has 0 amide bonds. The lowest BCUT2D eigenvalue weighted by Crippen LogP contribution is -2.44. The zero-order chi connectivity index (χ0) is 27.2. The molecule has 1 aliphatic heterocycles. The van der Waals surface area contributed by atoms with Crippen LogP contribution in [-0.2, 0) is 0 Å². The average Bonchev–Trinajstić information content (AvgIpc) is 3.43. The van der Waals surface area contributed by atoms with Crippen LogP contribution in [0.2, 0.25) is 0 Å². The number of fused-ring (bicyclic) bond motifs is 4. The van der Waals surface area contributed by atoms with Crippen molar-refractivity contribution in [3.05, 3.63) is 156 Å². The number of thiophene rings is 1. The minimum Gasteiger partial charge on any atom is -0.350 e. The Labute approximate surface area is 242 Å². The predicted octanol–water partition coefficient (Wildman–Crippen LogP) is 9.21. The molecule has 0 saturated carbocycles. The molecule has 0 spiro atoms. The molecule has 0 bridgehead atoms. The molecule has 2 N–H and O–H groups in total. The molecule has 2 unspecified atom stereocenters. The van der Waals surface area contributed by atoms with Crippen molar-refractivity contribution >= 4 is 48.1 Å². The lowest BCUT2D eigenvalue weighted by Gasteiger charge is -2.32. The van der Waals surface area contributed by atoms with Crippen molar-refractivity contribution in [2.45, 2.75) is 12.3 Å². The normalized spacial score (nSPS) is 17.0. The summed E-state index contributed by atoms with van der Waals surface area (Å²) in [6, 6.07) is 49.8. The van der Waals surface area contributed by atoms with Gasteiger partial charge in [0.25, 0.3) is 0 Å². The minimum absolute atomic E-state index is 0.0955. The third kappa shape index (κ3) is 4.48. The number of nitrogens with zero attached hydrogens (tertiary/aromatic N) is 1. The number of aliphatic imine (C=N–C) groups is 1. The van der Waals surface area contributed by atoms with Gasteiger partial charge in [-0.05, 0) is 51.2 Å². The van der Waals surface area contributed by atoms with Crippen molar-refractivity contribution in [3.8, 4) is 11.1 Å². The highest BCUT2D eigenvalue weighted by atomic mass is 32.1. The zero-order valence-electron chi connectivity index (χ0n) is 22.3. The fourth-order valence-electron chi connectivity index (χ4n) is 5.80. The molecule has 196 valence electrons. The second-order valence-corrected chi connectivity index (χ2v) is 11.6. The van der Waals surface area contributed by atoms with Crippen LogP contribution < -0.4 is 10.6 Å². The van der Waals surface area contributed by atoms with Gasteiger partial charge in [0, 0.05) is 25.7 Å². The van der Waals surface area contributed by atoms with E-state index in [1.807, 2.05) is 11.3 Å². The molecule has 0 radical (unpaired) electrons. The molecule has 2 heterocycles. The molecule has 0 fully saturated rings. The lowest BCUT2D eigenvalue weighted by molar-refractivity contribution is 0.409. The summed E-state index contributed by atoms with van der Waals surface area (Å²) in [5.41, 5.74) is 5.85. The topological polar surface area (TPSA) is 36.4 Å². The van der Waals surface area contributed by atoms with E-state index >= 15 is 0 Å². The summed E-state index contributed by atoms with van der Waals surface area (Å²) >= 11 is 1.84. The van der Waals surface area contributed by atoms with Crippen molar-refractivity contribution in [1.29, 1.82) is 0 Å². The predicted molar refractivity (Wildman–Crippen MR) is 173 cm³/mol. The Morgan fingerprint density at radius 1 is 0.512 bits per heavy atom. The van der Waals surface area contributed by atoms with Gasteiger partial charge >= 0.3 is 0 Å². The first-order valence-corrected chi connectivity index (χ1v) is 14.8. The van der Waals surface area contributed by atoms with Crippen LogP contribution in [0.5, 0.6) is 0 Å². The van der Waals surface area contributed by atoms with E-state index in [9.17, 15) is 0 Å². The van der Waals surface area contributed by atoms with Crippen LogP contribution in [0.4, 0.5) is 0 Å². The number of nitrogens with one attached hydrogen (secondary N) is 2. The van der Waals surface area contributed by atoms with Gasteiger partial charge in [-0.3, -0.25) is 5.32 Å². The molecule has 2 atom stereocenters. The van der Waals surface area contributed by atoms with Crippen LogP contribution in [0.15, 0.2) is 145 Å². The van der Waals surface area contributed by atoms with E-state index in [1.54, 1.807) is 0 Å². The second kappa shape index (κ2) is 10.0. The first kappa shape index (κ1) is 24.1. The number of hydrogen-bond acceptors (Lipinski definition) is 4. The quantitative estimate of drug-likeness (QED) is 0.231. The van der Waals surface area contributed by atoms with Gasteiger partial charge in [0.05, 0.1) is 0 Å². The van der Waals surface area contributed by atoms with Crippen LogP contribution in [0.1, 0.15) is 29.0 Å². The summed E-state index contributed by atoms with van der Waals surface area (Å²) in [4.78, 5) is 5.23. The highest BCUT2D eigenvalue weighted by molar-refractivity contribution is 7.25. The van der Waals surface area contributed by atoms with E-state index in [2.05, 4.69) is 150 Å². The fourth-order valence-corrected chi connectivity index (χ4v) is 6.94. The molecular formula is C37H27N3S. The molecule has 7 aromatic rings. The Hall–Kier alpha value is -4.77. The number of benzene rings is 6. The summed E-state index contributed by atoms with van der Waals surface area (Å²) in [6.07, 6.45) is -0.283. The molecule has 0 saturated heterocycles. The molecule has 3 nitrogen and oxygen atoms in total. The van der Waals surface area contributed by atoms with E-state index in [4.69, 9.17) is 4.99 Å². The molecular weight excluding hydrogens is 518 g/mol. The summed E-state index contributed by atoms with van der Waals surface area (Å²) < 4.78 is 2.59. The van der Waals surface area contributed by atoms with Crippen LogP contribution in [-0.4, -0.2) is 5.84 Å². The number of amidine groups is 1. The molecule has 8 rings (SSSR count). The van der Waals surface area contributed by atoms with Crippen molar-refractivity contribution in [1.82, 2.24) is 10.6 Å². The lowest BCUT2D eigenvalue weighted by atomic mass is 10.0. The van der Waals surface area contributed by atoms with Gasteiger partial charge in [-0.2, -0.15) is 0 Å². The Morgan fingerprint density at radius 2 is 1.20 bits per heavy atom. The largest absolute Gasteiger partial charge is 0.350 e. The van der Waals surface area contributed by atoms with Gasteiger partial charge in [0.15, 0.2) is 0 Å². The molecule has 6 aromatic carbocycles. The highest BCUT2D eigenvalue weighted by Gasteiger charge is 2.26. The van der Waals surface area contributed by atoms with E-state index < -0.39 is 0 Å². The molecule has 0 aliphatic carbocycles.